The smallest absolute Gasteiger partial charge is 0.255 e. The first-order valence-electron chi connectivity index (χ1n) is 5.66. The van der Waals surface area contributed by atoms with E-state index in [0.29, 0.717) is 27.8 Å². The summed E-state index contributed by atoms with van der Waals surface area (Å²) in [4.78, 5) is 12.1. The molecule has 19 heavy (non-hydrogen) atoms. The molecule has 0 aliphatic rings. The zero-order valence-corrected chi connectivity index (χ0v) is 11.5. The Balaban J connectivity index is 2.23. The van der Waals surface area contributed by atoms with Crippen LogP contribution >= 0.6 is 23.2 Å². The van der Waals surface area contributed by atoms with Gasteiger partial charge in [-0.2, -0.15) is 0 Å². The zero-order valence-electron chi connectivity index (χ0n) is 9.99. The van der Waals surface area contributed by atoms with E-state index in [1.165, 1.54) is 6.07 Å². The fourth-order valence-corrected chi connectivity index (χ4v) is 1.95. The highest BCUT2D eigenvalue weighted by atomic mass is 35.5. The van der Waals surface area contributed by atoms with Crippen molar-refractivity contribution in [3.63, 3.8) is 0 Å². The molecule has 0 aliphatic heterocycles. The molecule has 0 spiro atoms. The average molecular weight is 295 g/mol. The molecule has 0 radical (unpaired) electrons. The maximum absolute atomic E-state index is 12.1. The third kappa shape index (κ3) is 3.26. The summed E-state index contributed by atoms with van der Waals surface area (Å²) in [5, 5.41) is 3.57. The Morgan fingerprint density at radius 2 is 1.84 bits per heavy atom. The van der Waals surface area contributed by atoms with Crippen LogP contribution in [0.5, 0.6) is 0 Å². The van der Waals surface area contributed by atoms with Crippen LogP contribution in [-0.4, -0.2) is 5.91 Å². The summed E-state index contributed by atoms with van der Waals surface area (Å²) in [5.41, 5.74) is 7.63. The number of hydrogen-bond donors (Lipinski definition) is 2. The molecule has 5 heteroatoms. The van der Waals surface area contributed by atoms with E-state index in [9.17, 15) is 4.79 Å². The Kier molecular flexibility index (Phi) is 4.43. The van der Waals surface area contributed by atoms with E-state index in [1.54, 1.807) is 18.2 Å². The molecule has 0 aliphatic carbocycles. The highest BCUT2D eigenvalue weighted by molar-refractivity contribution is 6.42. The van der Waals surface area contributed by atoms with E-state index in [4.69, 9.17) is 28.9 Å². The molecule has 0 saturated carbocycles. The summed E-state index contributed by atoms with van der Waals surface area (Å²) in [7, 11) is 0. The Labute approximate surface area is 121 Å². The second-order valence-corrected chi connectivity index (χ2v) is 4.76. The van der Waals surface area contributed by atoms with Crippen molar-refractivity contribution in [2.45, 2.75) is 6.54 Å². The van der Waals surface area contributed by atoms with Crippen LogP contribution in [0.15, 0.2) is 42.5 Å². The van der Waals surface area contributed by atoms with E-state index < -0.39 is 0 Å². The Bertz CT molecular complexity index is 614. The average Bonchev–Trinajstić information content (AvgIpc) is 2.42. The van der Waals surface area contributed by atoms with Crippen molar-refractivity contribution in [2.75, 3.05) is 5.32 Å². The Morgan fingerprint density at radius 3 is 2.53 bits per heavy atom. The first-order chi connectivity index (χ1) is 9.11. The molecular formula is C14H12Cl2N2O. The van der Waals surface area contributed by atoms with E-state index in [0.717, 1.165) is 5.56 Å². The lowest BCUT2D eigenvalue weighted by atomic mass is 10.1. The van der Waals surface area contributed by atoms with E-state index in [2.05, 4.69) is 5.32 Å². The van der Waals surface area contributed by atoms with Gasteiger partial charge in [0.05, 0.1) is 10.0 Å². The van der Waals surface area contributed by atoms with Gasteiger partial charge in [0.15, 0.2) is 0 Å². The predicted octanol–water partition coefficient (Wildman–Crippen LogP) is 3.70. The number of benzene rings is 2. The van der Waals surface area contributed by atoms with Crippen LogP contribution in [0, 0.1) is 0 Å². The van der Waals surface area contributed by atoms with Gasteiger partial charge in [0, 0.05) is 17.8 Å². The van der Waals surface area contributed by atoms with E-state index in [-0.39, 0.29) is 5.91 Å². The van der Waals surface area contributed by atoms with Gasteiger partial charge in [-0.3, -0.25) is 4.79 Å². The molecule has 0 atom stereocenters. The minimum absolute atomic E-state index is 0.250. The second kappa shape index (κ2) is 6.06. The van der Waals surface area contributed by atoms with Crippen LogP contribution in [0.2, 0.25) is 10.0 Å². The highest BCUT2D eigenvalue weighted by Crippen LogP contribution is 2.23. The lowest BCUT2D eigenvalue weighted by Gasteiger charge is -2.10. The minimum Gasteiger partial charge on any atom is -0.326 e. The van der Waals surface area contributed by atoms with Crippen molar-refractivity contribution in [3.8, 4) is 0 Å². The van der Waals surface area contributed by atoms with Crippen LogP contribution in [-0.2, 0) is 6.54 Å². The third-order valence-electron chi connectivity index (χ3n) is 2.67. The Morgan fingerprint density at radius 1 is 1.11 bits per heavy atom. The molecule has 2 aromatic rings. The lowest BCUT2D eigenvalue weighted by molar-refractivity contribution is 0.102. The van der Waals surface area contributed by atoms with Gasteiger partial charge in [-0.1, -0.05) is 41.4 Å². The van der Waals surface area contributed by atoms with Crippen LogP contribution in [0.3, 0.4) is 0 Å². The van der Waals surface area contributed by atoms with Gasteiger partial charge in [-0.15, -0.1) is 0 Å². The monoisotopic (exact) mass is 294 g/mol. The normalized spacial score (nSPS) is 10.3. The topological polar surface area (TPSA) is 55.1 Å². The van der Waals surface area contributed by atoms with Gasteiger partial charge in [0.2, 0.25) is 0 Å². The number of para-hydroxylation sites is 1. The summed E-state index contributed by atoms with van der Waals surface area (Å²) < 4.78 is 0. The van der Waals surface area contributed by atoms with Crippen LogP contribution in [0.25, 0.3) is 0 Å². The van der Waals surface area contributed by atoms with E-state index in [1.807, 2.05) is 18.2 Å². The van der Waals surface area contributed by atoms with Crippen LogP contribution in [0.4, 0.5) is 5.69 Å². The van der Waals surface area contributed by atoms with Gasteiger partial charge in [-0.25, -0.2) is 0 Å². The molecule has 0 aromatic heterocycles. The first kappa shape index (κ1) is 13.9. The molecular weight excluding hydrogens is 283 g/mol. The number of anilines is 1. The standard InChI is InChI=1S/C14H12Cl2N2O/c15-11-6-5-9(7-12(11)16)14(19)18-13-4-2-1-3-10(13)8-17/h1-7H,8,17H2,(H,18,19). The maximum atomic E-state index is 12.1. The quantitative estimate of drug-likeness (QED) is 0.907. The van der Waals surface area contributed by atoms with Crippen molar-refractivity contribution >= 4 is 34.8 Å². The van der Waals surface area contributed by atoms with Crippen molar-refractivity contribution in [2.24, 2.45) is 5.73 Å². The number of hydrogen-bond acceptors (Lipinski definition) is 2. The summed E-state index contributed by atoms with van der Waals surface area (Å²) in [6.45, 7) is 0.359. The van der Waals surface area contributed by atoms with Crippen LogP contribution < -0.4 is 11.1 Å². The lowest BCUT2D eigenvalue weighted by Crippen LogP contribution is -2.14. The van der Waals surface area contributed by atoms with Crippen molar-refractivity contribution < 1.29 is 4.79 Å². The number of carbonyl (C=O) groups excluding carboxylic acids is 1. The number of nitrogens with one attached hydrogen (secondary N) is 1. The first-order valence-corrected chi connectivity index (χ1v) is 6.42. The molecule has 3 nitrogen and oxygen atoms in total. The molecule has 3 N–H and O–H groups in total. The molecule has 1 amide bonds. The minimum atomic E-state index is -0.250. The fraction of sp³-hybridized carbons (Fsp3) is 0.0714. The Hall–Kier alpha value is -1.55. The SMILES string of the molecule is NCc1ccccc1NC(=O)c1ccc(Cl)c(Cl)c1. The van der Waals surface area contributed by atoms with Gasteiger partial charge in [-0.05, 0) is 29.8 Å². The highest BCUT2D eigenvalue weighted by Gasteiger charge is 2.10. The van der Waals surface area contributed by atoms with Gasteiger partial charge < -0.3 is 11.1 Å². The van der Waals surface area contributed by atoms with Crippen molar-refractivity contribution in [1.29, 1.82) is 0 Å². The second-order valence-electron chi connectivity index (χ2n) is 3.94. The molecule has 0 heterocycles. The number of halogens is 2. The predicted molar refractivity (Wildman–Crippen MR) is 78.7 cm³/mol. The summed E-state index contributed by atoms with van der Waals surface area (Å²) in [5.74, 6) is -0.250. The summed E-state index contributed by atoms with van der Waals surface area (Å²) >= 11 is 11.7. The largest absolute Gasteiger partial charge is 0.326 e. The fourth-order valence-electron chi connectivity index (χ4n) is 1.65. The van der Waals surface area contributed by atoms with Gasteiger partial charge >= 0.3 is 0 Å². The molecule has 0 saturated heterocycles. The molecule has 98 valence electrons. The maximum Gasteiger partial charge on any atom is 0.255 e. The molecule has 0 bridgehead atoms. The van der Waals surface area contributed by atoms with Gasteiger partial charge in [0.1, 0.15) is 0 Å². The van der Waals surface area contributed by atoms with Gasteiger partial charge in [0.25, 0.3) is 5.91 Å². The number of rotatable bonds is 3. The molecule has 0 fully saturated rings. The third-order valence-corrected chi connectivity index (χ3v) is 3.41. The number of carbonyl (C=O) groups is 1. The zero-order chi connectivity index (χ0) is 13.8. The molecule has 0 unspecified atom stereocenters. The molecule has 2 rings (SSSR count). The summed E-state index contributed by atoms with van der Waals surface area (Å²) in [6, 6.07) is 12.1. The van der Waals surface area contributed by atoms with E-state index >= 15 is 0 Å². The van der Waals surface area contributed by atoms with Crippen molar-refractivity contribution in [1.82, 2.24) is 0 Å². The number of amides is 1. The molecule has 2 aromatic carbocycles. The summed E-state index contributed by atoms with van der Waals surface area (Å²) in [6.07, 6.45) is 0. The van der Waals surface area contributed by atoms with Crippen molar-refractivity contribution in [3.05, 3.63) is 63.6 Å². The van der Waals surface area contributed by atoms with Crippen LogP contribution in [0.1, 0.15) is 15.9 Å². The number of nitrogens with two attached hydrogens (primary N) is 1.